The van der Waals surface area contributed by atoms with Crippen LogP contribution in [-0.2, 0) is 86.0 Å². The van der Waals surface area contributed by atoms with Gasteiger partial charge >= 0.3 is 56.5 Å². The molecule has 0 bridgehead atoms. The topological polar surface area (TPSA) is 266 Å². The summed E-state index contributed by atoms with van der Waals surface area (Å²) in [6, 6.07) is 12.7. The predicted octanol–water partition coefficient (Wildman–Crippen LogP) is 4.83. The predicted molar refractivity (Wildman–Crippen MR) is 242 cm³/mol. The number of rotatable bonds is 22. The summed E-state index contributed by atoms with van der Waals surface area (Å²) in [5.41, 5.74) is -3.49. The Hall–Kier alpha value is -5.36. The number of carbonyl (C=O) groups is 6. The van der Waals surface area contributed by atoms with E-state index < -0.39 is 130 Å². The van der Waals surface area contributed by atoms with Crippen molar-refractivity contribution in [2.45, 2.75) is 144 Å². The molecule has 2 N–H and O–H groups in total. The lowest BCUT2D eigenvalue weighted by Gasteiger charge is -2.32. The van der Waals surface area contributed by atoms with Crippen molar-refractivity contribution < 1.29 is 78.8 Å². The van der Waals surface area contributed by atoms with Gasteiger partial charge in [0, 0.05) is 13.1 Å². The molecule has 0 fully saturated rings. The van der Waals surface area contributed by atoms with Crippen LogP contribution in [0.4, 0.5) is 9.59 Å². The largest absolute Gasteiger partial charge is 0.460 e. The Bertz CT molecular complexity index is 2040. The molecule has 23 heteroatoms. The van der Waals surface area contributed by atoms with E-state index in [0.717, 1.165) is 0 Å². The molecule has 67 heavy (non-hydrogen) atoms. The molecule has 2 aromatic rings. The molecular formula is C44H66N4O17S2. The van der Waals surface area contributed by atoms with Crippen LogP contribution in [-0.4, -0.2) is 122 Å². The Morgan fingerprint density at radius 2 is 0.791 bits per heavy atom. The SMILES string of the molecule is CC(C)(C)OC(=O)CC(C(=O)OC(C)(C)C)N(CCOCCN(C(CC(=O)OC(C)(C)C)C(=O)OC(C)(C)C)S(=O)(=O)NC(=O)OCc1ccccc1)S(=O)(=O)NC(=O)OCc1ccccc1. The van der Waals surface area contributed by atoms with Crippen LogP contribution in [0.5, 0.6) is 0 Å². The summed E-state index contributed by atoms with van der Waals surface area (Å²) in [5.74, 6) is -4.42. The third kappa shape index (κ3) is 23.3. The van der Waals surface area contributed by atoms with Crippen molar-refractivity contribution in [2.24, 2.45) is 0 Å². The quantitative estimate of drug-likeness (QED) is 0.0908. The molecule has 0 saturated heterocycles. The molecule has 0 spiro atoms. The Morgan fingerprint density at radius 1 is 0.493 bits per heavy atom. The molecule has 376 valence electrons. The van der Waals surface area contributed by atoms with Gasteiger partial charge in [0.05, 0.1) is 26.1 Å². The first-order valence-electron chi connectivity index (χ1n) is 21.1. The van der Waals surface area contributed by atoms with Crippen molar-refractivity contribution in [3.63, 3.8) is 0 Å². The van der Waals surface area contributed by atoms with E-state index in [1.807, 2.05) is 0 Å². The van der Waals surface area contributed by atoms with Crippen LogP contribution in [0.15, 0.2) is 60.7 Å². The Balaban J connectivity index is 2.55. The normalized spacial score (nSPS) is 13.5. The second kappa shape index (κ2) is 24.6. The molecule has 2 atom stereocenters. The summed E-state index contributed by atoms with van der Waals surface area (Å²) in [4.78, 5) is 79.7. The summed E-state index contributed by atoms with van der Waals surface area (Å²) >= 11 is 0. The molecule has 2 unspecified atom stereocenters. The first-order valence-corrected chi connectivity index (χ1v) is 24.0. The van der Waals surface area contributed by atoms with Gasteiger partial charge in [0.2, 0.25) is 0 Å². The van der Waals surface area contributed by atoms with E-state index in [9.17, 15) is 45.6 Å². The van der Waals surface area contributed by atoms with Crippen molar-refractivity contribution in [2.75, 3.05) is 26.3 Å². The van der Waals surface area contributed by atoms with Gasteiger partial charge in [-0.15, -0.1) is 0 Å². The van der Waals surface area contributed by atoms with E-state index in [2.05, 4.69) is 0 Å². The lowest BCUT2D eigenvalue weighted by atomic mass is 10.1. The summed E-state index contributed by atoms with van der Waals surface area (Å²) in [5, 5.41) is 0. The Labute approximate surface area is 393 Å². The van der Waals surface area contributed by atoms with E-state index >= 15 is 0 Å². The summed E-state index contributed by atoms with van der Waals surface area (Å²) in [7, 11) is -10.2. The molecule has 2 amide bonds. The minimum Gasteiger partial charge on any atom is -0.460 e. The highest BCUT2D eigenvalue weighted by Crippen LogP contribution is 2.22. The fraction of sp³-hybridized carbons (Fsp3) is 0.591. The third-order valence-corrected chi connectivity index (χ3v) is 11.0. The maximum Gasteiger partial charge on any atom is 0.422 e. The Kier molecular flexibility index (Phi) is 21.2. The number of hydrogen-bond donors (Lipinski definition) is 2. The van der Waals surface area contributed by atoms with Crippen LogP contribution in [0.25, 0.3) is 0 Å². The summed E-state index contributed by atoms with van der Waals surface area (Å²) < 4.78 is 98.1. The van der Waals surface area contributed by atoms with Crippen LogP contribution in [0, 0.1) is 0 Å². The zero-order valence-corrected chi connectivity index (χ0v) is 41.9. The lowest BCUT2D eigenvalue weighted by Crippen LogP contribution is -2.55. The number of amides is 2. The first kappa shape index (κ1) is 57.8. The second-order valence-corrected chi connectivity index (χ2v) is 22.1. The molecule has 0 heterocycles. The third-order valence-electron chi connectivity index (χ3n) is 7.99. The average Bonchev–Trinajstić information content (AvgIpc) is 3.15. The summed E-state index contributed by atoms with van der Waals surface area (Å²) in [6.07, 6.45) is -4.67. The highest BCUT2D eigenvalue weighted by atomic mass is 32.2. The van der Waals surface area contributed by atoms with Crippen LogP contribution >= 0.6 is 0 Å². The molecule has 0 aromatic heterocycles. The van der Waals surface area contributed by atoms with Crippen molar-refractivity contribution in [3.05, 3.63) is 71.8 Å². The zero-order valence-electron chi connectivity index (χ0n) is 40.2. The molecule has 0 aliphatic rings. The number of hydrogen-bond acceptors (Lipinski definition) is 17. The number of benzene rings is 2. The Morgan fingerprint density at radius 3 is 1.07 bits per heavy atom. The second-order valence-electron chi connectivity index (χ2n) is 18.9. The maximum absolute atomic E-state index is 14.0. The van der Waals surface area contributed by atoms with E-state index in [1.54, 1.807) is 112 Å². The fourth-order valence-corrected chi connectivity index (χ4v) is 7.95. The van der Waals surface area contributed by atoms with Crippen molar-refractivity contribution >= 4 is 56.5 Å². The van der Waals surface area contributed by atoms with Gasteiger partial charge < -0.3 is 33.2 Å². The van der Waals surface area contributed by atoms with E-state index in [4.69, 9.17) is 33.2 Å². The molecular weight excluding hydrogens is 921 g/mol. The smallest absolute Gasteiger partial charge is 0.422 e. The molecule has 0 radical (unpaired) electrons. The van der Waals surface area contributed by atoms with Crippen molar-refractivity contribution in [1.82, 2.24) is 18.1 Å². The van der Waals surface area contributed by atoms with Gasteiger partial charge in [0.25, 0.3) is 0 Å². The van der Waals surface area contributed by atoms with Crippen molar-refractivity contribution in [3.8, 4) is 0 Å². The molecule has 21 nitrogen and oxygen atoms in total. The van der Waals surface area contributed by atoms with Crippen LogP contribution < -0.4 is 9.44 Å². The maximum atomic E-state index is 14.0. The van der Waals surface area contributed by atoms with Gasteiger partial charge in [-0.1, -0.05) is 60.7 Å². The molecule has 0 saturated carbocycles. The van der Waals surface area contributed by atoms with Gasteiger partial charge in [0.1, 0.15) is 47.7 Å². The number of esters is 4. The van der Waals surface area contributed by atoms with Gasteiger partial charge in [-0.2, -0.15) is 25.4 Å². The van der Waals surface area contributed by atoms with Crippen LogP contribution in [0.1, 0.15) is 107 Å². The number of carbonyl (C=O) groups excluding carboxylic acids is 6. The number of nitrogens with zero attached hydrogens (tertiary/aromatic N) is 2. The zero-order chi connectivity index (χ0) is 51.0. The number of ether oxygens (including phenoxy) is 7. The molecule has 0 aliphatic carbocycles. The van der Waals surface area contributed by atoms with Gasteiger partial charge in [-0.3, -0.25) is 19.2 Å². The van der Waals surface area contributed by atoms with Gasteiger partial charge in [-0.25, -0.2) is 19.0 Å². The van der Waals surface area contributed by atoms with E-state index in [0.29, 0.717) is 19.7 Å². The highest BCUT2D eigenvalue weighted by Gasteiger charge is 2.43. The number of nitrogens with one attached hydrogen (secondary N) is 2. The van der Waals surface area contributed by atoms with Gasteiger partial charge in [0.15, 0.2) is 0 Å². The summed E-state index contributed by atoms with van der Waals surface area (Å²) in [6.45, 7) is 14.7. The first-order chi connectivity index (χ1) is 30.7. The average molecular weight is 987 g/mol. The molecule has 2 aromatic carbocycles. The highest BCUT2D eigenvalue weighted by molar-refractivity contribution is 7.88. The van der Waals surface area contributed by atoms with Crippen LogP contribution in [0.3, 0.4) is 0 Å². The van der Waals surface area contributed by atoms with Crippen LogP contribution in [0.2, 0.25) is 0 Å². The molecule has 0 aliphatic heterocycles. The van der Waals surface area contributed by atoms with Crippen molar-refractivity contribution in [1.29, 1.82) is 0 Å². The minimum absolute atomic E-state index is 0.337. The minimum atomic E-state index is -5.11. The van der Waals surface area contributed by atoms with Gasteiger partial charge in [-0.05, 0) is 94.2 Å². The standard InChI is InChI=1S/C44H66N4O17S2/c1-41(2,3)62-35(49)27-33(37(51)64-43(7,8)9)47(66(55,56)45-39(53)60-29-31-19-15-13-16-20-31)23-25-59-26-24-48(67(57,58)46-40(54)61-30-32-21-17-14-18-22-32)34(38(52)65-44(10,11)12)28-36(50)63-42(4,5)6/h13-22,33-34H,23-30H2,1-12H3,(H,45,53)(H,46,54). The van der Waals surface area contributed by atoms with E-state index in [1.165, 1.54) is 41.5 Å². The fourth-order valence-electron chi connectivity index (χ4n) is 5.56. The molecule has 2 rings (SSSR count). The monoisotopic (exact) mass is 986 g/mol. The van der Waals surface area contributed by atoms with E-state index in [-0.39, 0.29) is 13.2 Å². The lowest BCUT2D eigenvalue weighted by molar-refractivity contribution is -0.167.